The van der Waals surface area contributed by atoms with Gasteiger partial charge in [0.1, 0.15) is 5.69 Å². The van der Waals surface area contributed by atoms with Crippen LogP contribution >= 0.6 is 0 Å². The molecule has 0 atom stereocenters. The minimum Gasteiger partial charge on any atom is -0.364 e. The van der Waals surface area contributed by atoms with Crippen LogP contribution in [0.4, 0.5) is 0 Å². The second kappa shape index (κ2) is 5.07. The number of hydrogen-bond donors (Lipinski definition) is 1. The third-order valence-electron chi connectivity index (χ3n) is 2.33. The van der Waals surface area contributed by atoms with E-state index in [2.05, 4.69) is 4.98 Å². The van der Waals surface area contributed by atoms with Gasteiger partial charge in [0.2, 0.25) is 0 Å². The maximum absolute atomic E-state index is 11.2. The van der Waals surface area contributed by atoms with Crippen LogP contribution in [-0.2, 0) is 0 Å². The number of amides is 1. The molecule has 1 aromatic heterocycles. The molecule has 1 heterocycles. The van der Waals surface area contributed by atoms with Crippen molar-refractivity contribution in [2.45, 2.75) is 0 Å². The first-order valence-electron chi connectivity index (χ1n) is 5.25. The van der Waals surface area contributed by atoms with E-state index in [1.165, 1.54) is 0 Å². The predicted octanol–water partition coefficient (Wildman–Crippen LogP) is 2.35. The molecule has 2 aromatic rings. The van der Waals surface area contributed by atoms with Gasteiger partial charge in [-0.15, -0.1) is 0 Å². The first-order chi connectivity index (χ1) is 8.27. The Morgan fingerprint density at radius 2 is 1.82 bits per heavy atom. The average Bonchev–Trinajstić information content (AvgIpc) is 2.38. The first kappa shape index (κ1) is 11.1. The van der Waals surface area contributed by atoms with Gasteiger partial charge in [-0.1, -0.05) is 48.6 Å². The smallest absolute Gasteiger partial charge is 0.267 e. The summed E-state index contributed by atoms with van der Waals surface area (Å²) in [5.74, 6) is -0.515. The number of hydrogen-bond acceptors (Lipinski definition) is 2. The molecule has 2 N–H and O–H groups in total. The number of pyridine rings is 1. The Morgan fingerprint density at radius 3 is 2.53 bits per heavy atom. The van der Waals surface area contributed by atoms with Gasteiger partial charge in [0.15, 0.2) is 0 Å². The molecule has 2 rings (SSSR count). The molecule has 1 amide bonds. The second-order valence-corrected chi connectivity index (χ2v) is 3.55. The highest BCUT2D eigenvalue weighted by Crippen LogP contribution is 2.10. The number of aromatic nitrogens is 1. The molecule has 0 aliphatic carbocycles. The van der Waals surface area contributed by atoms with Gasteiger partial charge in [0, 0.05) is 11.8 Å². The number of carbonyl (C=O) groups excluding carboxylic acids is 1. The number of rotatable bonds is 3. The maximum Gasteiger partial charge on any atom is 0.267 e. The van der Waals surface area contributed by atoms with E-state index in [-0.39, 0.29) is 0 Å². The molecule has 0 radical (unpaired) electrons. The van der Waals surface area contributed by atoms with E-state index in [4.69, 9.17) is 5.73 Å². The van der Waals surface area contributed by atoms with Crippen molar-refractivity contribution in [1.29, 1.82) is 0 Å². The van der Waals surface area contributed by atoms with Crippen molar-refractivity contribution >= 4 is 18.1 Å². The van der Waals surface area contributed by atoms with Crippen LogP contribution in [0.2, 0.25) is 0 Å². The van der Waals surface area contributed by atoms with Gasteiger partial charge in [-0.2, -0.15) is 0 Å². The quantitative estimate of drug-likeness (QED) is 0.870. The van der Waals surface area contributed by atoms with Crippen molar-refractivity contribution in [1.82, 2.24) is 4.98 Å². The van der Waals surface area contributed by atoms with Crippen LogP contribution in [-0.4, -0.2) is 10.9 Å². The van der Waals surface area contributed by atoms with E-state index in [1.54, 1.807) is 12.3 Å². The Labute approximate surface area is 99.6 Å². The largest absolute Gasteiger partial charge is 0.364 e. The summed E-state index contributed by atoms with van der Waals surface area (Å²) in [6.07, 6.45) is 5.31. The van der Waals surface area contributed by atoms with E-state index in [0.717, 1.165) is 11.1 Å². The van der Waals surface area contributed by atoms with Crippen molar-refractivity contribution < 1.29 is 4.79 Å². The summed E-state index contributed by atoms with van der Waals surface area (Å²) in [5, 5.41) is 0. The van der Waals surface area contributed by atoms with Crippen LogP contribution in [0.15, 0.2) is 48.7 Å². The predicted molar refractivity (Wildman–Crippen MR) is 68.1 cm³/mol. The molecule has 3 nitrogen and oxygen atoms in total. The molecule has 0 aliphatic heterocycles. The van der Waals surface area contributed by atoms with E-state index >= 15 is 0 Å². The summed E-state index contributed by atoms with van der Waals surface area (Å²) in [4.78, 5) is 15.1. The van der Waals surface area contributed by atoms with Crippen LogP contribution in [0.25, 0.3) is 12.2 Å². The Balaban J connectivity index is 2.30. The number of primary amides is 1. The molecule has 0 unspecified atom stereocenters. The molecule has 0 spiro atoms. The monoisotopic (exact) mass is 224 g/mol. The van der Waals surface area contributed by atoms with Gasteiger partial charge >= 0.3 is 0 Å². The lowest BCUT2D eigenvalue weighted by atomic mass is 10.1. The Kier molecular flexibility index (Phi) is 3.31. The van der Waals surface area contributed by atoms with Gasteiger partial charge in [-0.25, -0.2) is 0 Å². The number of nitrogens with zero attached hydrogens (tertiary/aromatic N) is 1. The highest BCUT2D eigenvalue weighted by atomic mass is 16.1. The van der Waals surface area contributed by atoms with Gasteiger partial charge in [0.05, 0.1) is 0 Å². The van der Waals surface area contributed by atoms with E-state index in [1.807, 2.05) is 48.6 Å². The summed E-state index contributed by atoms with van der Waals surface area (Å²) in [5.41, 5.74) is 7.33. The van der Waals surface area contributed by atoms with Gasteiger partial charge in [-0.3, -0.25) is 9.78 Å². The highest BCUT2D eigenvalue weighted by Gasteiger charge is 2.05. The number of benzene rings is 1. The van der Waals surface area contributed by atoms with Crippen molar-refractivity contribution in [2.24, 2.45) is 5.73 Å². The standard InChI is InChI=1S/C14H12N2O/c15-14(17)13-12(7-4-10-16-13)9-8-11-5-2-1-3-6-11/h1-10H,(H2,15,17)/b9-8+. The SMILES string of the molecule is NC(=O)c1ncccc1/C=C/c1ccccc1. The highest BCUT2D eigenvalue weighted by molar-refractivity contribution is 5.95. The Morgan fingerprint density at radius 1 is 1.06 bits per heavy atom. The molecule has 0 aliphatic rings. The fourth-order valence-electron chi connectivity index (χ4n) is 1.51. The molecule has 0 saturated carbocycles. The molecular weight excluding hydrogens is 212 g/mol. The van der Waals surface area contributed by atoms with E-state index in [0.29, 0.717) is 5.69 Å². The first-order valence-corrected chi connectivity index (χ1v) is 5.25. The lowest BCUT2D eigenvalue weighted by Crippen LogP contribution is -2.14. The summed E-state index contributed by atoms with van der Waals surface area (Å²) < 4.78 is 0. The Hall–Kier alpha value is -2.42. The van der Waals surface area contributed by atoms with Crippen LogP contribution in [0.5, 0.6) is 0 Å². The van der Waals surface area contributed by atoms with Gasteiger partial charge in [0.25, 0.3) is 5.91 Å². The van der Waals surface area contributed by atoms with Crippen LogP contribution in [0.1, 0.15) is 21.6 Å². The zero-order valence-corrected chi connectivity index (χ0v) is 9.21. The fourth-order valence-corrected chi connectivity index (χ4v) is 1.51. The third-order valence-corrected chi connectivity index (χ3v) is 2.33. The zero-order valence-electron chi connectivity index (χ0n) is 9.21. The molecule has 0 fully saturated rings. The number of nitrogens with two attached hydrogens (primary N) is 1. The van der Waals surface area contributed by atoms with Gasteiger partial charge < -0.3 is 5.73 Å². The normalized spacial score (nSPS) is 10.6. The fraction of sp³-hybridized carbons (Fsp3) is 0. The van der Waals surface area contributed by atoms with Crippen molar-refractivity contribution in [3.63, 3.8) is 0 Å². The molecule has 17 heavy (non-hydrogen) atoms. The van der Waals surface area contributed by atoms with Crippen LogP contribution in [0, 0.1) is 0 Å². The molecule has 3 heteroatoms. The lowest BCUT2D eigenvalue weighted by molar-refractivity contribution is 0.0995. The lowest BCUT2D eigenvalue weighted by Gasteiger charge is -1.99. The van der Waals surface area contributed by atoms with Crippen LogP contribution < -0.4 is 5.73 Å². The summed E-state index contributed by atoms with van der Waals surface area (Å²) >= 11 is 0. The molecule has 1 aromatic carbocycles. The minimum absolute atomic E-state index is 0.291. The van der Waals surface area contributed by atoms with Gasteiger partial charge in [-0.05, 0) is 11.6 Å². The van der Waals surface area contributed by atoms with E-state index in [9.17, 15) is 4.79 Å². The molecule has 0 saturated heterocycles. The Bertz CT molecular complexity index is 547. The third kappa shape index (κ3) is 2.78. The van der Waals surface area contributed by atoms with Crippen molar-refractivity contribution in [3.8, 4) is 0 Å². The van der Waals surface area contributed by atoms with Crippen molar-refractivity contribution in [2.75, 3.05) is 0 Å². The van der Waals surface area contributed by atoms with Crippen LogP contribution in [0.3, 0.4) is 0 Å². The van der Waals surface area contributed by atoms with Crippen molar-refractivity contribution in [3.05, 3.63) is 65.5 Å². The molecule has 84 valence electrons. The zero-order chi connectivity index (χ0) is 12.1. The summed E-state index contributed by atoms with van der Waals surface area (Å²) in [6, 6.07) is 13.4. The second-order valence-electron chi connectivity index (χ2n) is 3.55. The maximum atomic E-state index is 11.2. The number of carbonyl (C=O) groups is 1. The average molecular weight is 224 g/mol. The summed E-state index contributed by atoms with van der Waals surface area (Å²) in [6.45, 7) is 0. The topological polar surface area (TPSA) is 56.0 Å². The molecular formula is C14H12N2O. The van der Waals surface area contributed by atoms with E-state index < -0.39 is 5.91 Å². The molecule has 0 bridgehead atoms. The minimum atomic E-state index is -0.515. The summed E-state index contributed by atoms with van der Waals surface area (Å²) in [7, 11) is 0.